The number of benzene rings is 1. The lowest BCUT2D eigenvalue weighted by atomic mass is 10.1. The number of aliphatic imine (C=N–C) groups is 1. The molecule has 6 nitrogen and oxygen atoms in total. The molecule has 136 valence electrons. The molecule has 0 aliphatic heterocycles. The Bertz CT molecular complexity index is 693. The van der Waals surface area contributed by atoms with Crippen molar-refractivity contribution < 1.29 is 4.74 Å². The van der Waals surface area contributed by atoms with Gasteiger partial charge in [-0.25, -0.2) is 0 Å². The van der Waals surface area contributed by atoms with Crippen LogP contribution in [0.4, 0.5) is 0 Å². The molecule has 6 heteroatoms. The number of aromatic nitrogens is 2. The molecule has 0 saturated carbocycles. The molecule has 0 spiro atoms. The second-order valence-corrected chi connectivity index (χ2v) is 6.07. The van der Waals surface area contributed by atoms with Gasteiger partial charge in [0.25, 0.3) is 0 Å². The number of hydrogen-bond acceptors (Lipinski definition) is 3. The van der Waals surface area contributed by atoms with E-state index in [2.05, 4.69) is 46.7 Å². The third-order valence-corrected chi connectivity index (χ3v) is 4.35. The fraction of sp³-hybridized carbons (Fsp3) is 0.474. The Morgan fingerprint density at radius 1 is 1.28 bits per heavy atom. The Kier molecular flexibility index (Phi) is 7.01. The normalized spacial score (nSPS) is 12.9. The topological polar surface area (TPSA) is 63.5 Å². The van der Waals surface area contributed by atoms with Crippen LogP contribution in [0, 0.1) is 13.8 Å². The van der Waals surface area contributed by atoms with E-state index in [1.807, 2.05) is 29.8 Å². The fourth-order valence-electron chi connectivity index (χ4n) is 2.78. The van der Waals surface area contributed by atoms with Gasteiger partial charge < -0.3 is 15.4 Å². The largest absolute Gasteiger partial charge is 0.383 e. The van der Waals surface area contributed by atoms with Crippen LogP contribution in [0.2, 0.25) is 0 Å². The van der Waals surface area contributed by atoms with Crippen molar-refractivity contribution in [3.63, 3.8) is 0 Å². The summed E-state index contributed by atoms with van der Waals surface area (Å²) in [5, 5.41) is 11.4. The molecular weight excluding hydrogens is 314 g/mol. The maximum atomic E-state index is 5.15. The third-order valence-electron chi connectivity index (χ3n) is 4.35. The monoisotopic (exact) mass is 343 g/mol. The van der Waals surface area contributed by atoms with Gasteiger partial charge in [-0.15, -0.1) is 0 Å². The summed E-state index contributed by atoms with van der Waals surface area (Å²) in [6.45, 7) is 8.37. The predicted molar refractivity (Wildman–Crippen MR) is 102 cm³/mol. The highest BCUT2D eigenvalue weighted by Gasteiger charge is 2.13. The van der Waals surface area contributed by atoms with Crippen LogP contribution in [0.1, 0.15) is 35.5 Å². The first-order valence-corrected chi connectivity index (χ1v) is 8.60. The molecule has 0 aliphatic carbocycles. The second-order valence-electron chi connectivity index (χ2n) is 6.07. The van der Waals surface area contributed by atoms with Crippen LogP contribution < -0.4 is 10.6 Å². The lowest BCUT2D eigenvalue weighted by Crippen LogP contribution is -2.38. The molecule has 0 saturated heterocycles. The van der Waals surface area contributed by atoms with E-state index >= 15 is 0 Å². The first-order chi connectivity index (χ1) is 12.1. The molecule has 0 radical (unpaired) electrons. The molecule has 0 aliphatic rings. The maximum Gasteiger partial charge on any atom is 0.191 e. The Hall–Kier alpha value is -2.34. The van der Waals surface area contributed by atoms with E-state index in [9.17, 15) is 0 Å². The Balaban J connectivity index is 1.98. The first kappa shape index (κ1) is 19.0. The summed E-state index contributed by atoms with van der Waals surface area (Å²) in [5.74, 6) is 0.778. The Morgan fingerprint density at radius 2 is 2.00 bits per heavy atom. The van der Waals surface area contributed by atoms with E-state index in [0.717, 1.165) is 23.9 Å². The minimum atomic E-state index is 0.180. The summed E-state index contributed by atoms with van der Waals surface area (Å²) < 4.78 is 7.14. The number of nitrogens with zero attached hydrogens (tertiary/aromatic N) is 3. The molecule has 2 N–H and O–H groups in total. The minimum Gasteiger partial charge on any atom is -0.383 e. The number of ether oxygens (including phenoxy) is 1. The lowest BCUT2D eigenvalue weighted by molar-refractivity contribution is 0.182. The molecule has 1 heterocycles. The summed E-state index contributed by atoms with van der Waals surface area (Å²) in [6, 6.07) is 10.5. The number of methoxy groups -OCH3 is 1. The average molecular weight is 343 g/mol. The zero-order chi connectivity index (χ0) is 18.2. The smallest absolute Gasteiger partial charge is 0.191 e. The molecule has 2 aromatic rings. The molecule has 1 atom stereocenters. The van der Waals surface area contributed by atoms with E-state index in [4.69, 9.17) is 4.74 Å². The van der Waals surface area contributed by atoms with Crippen LogP contribution >= 0.6 is 0 Å². The maximum absolute atomic E-state index is 5.15. The van der Waals surface area contributed by atoms with E-state index in [1.165, 1.54) is 11.1 Å². The number of aryl methyl sites for hydroxylation is 1. The summed E-state index contributed by atoms with van der Waals surface area (Å²) in [6.07, 6.45) is 0. The van der Waals surface area contributed by atoms with Crippen molar-refractivity contribution in [1.29, 1.82) is 0 Å². The summed E-state index contributed by atoms with van der Waals surface area (Å²) in [4.78, 5) is 4.33. The minimum absolute atomic E-state index is 0.180. The SMILES string of the molecule is CN=C(NCc1c(C)nn(CCOC)c1C)NC(C)c1ccccc1. The van der Waals surface area contributed by atoms with Gasteiger partial charge in [0, 0.05) is 32.0 Å². The van der Waals surface area contributed by atoms with E-state index < -0.39 is 0 Å². The molecule has 2 rings (SSSR count). The number of guanidine groups is 1. The zero-order valence-corrected chi connectivity index (χ0v) is 15.8. The Labute approximate surface area is 150 Å². The van der Waals surface area contributed by atoms with Crippen LogP contribution in [-0.4, -0.2) is 36.5 Å². The molecule has 1 aromatic carbocycles. The van der Waals surface area contributed by atoms with Gasteiger partial charge in [0.15, 0.2) is 5.96 Å². The van der Waals surface area contributed by atoms with Crippen molar-refractivity contribution in [1.82, 2.24) is 20.4 Å². The lowest BCUT2D eigenvalue weighted by Gasteiger charge is -2.18. The van der Waals surface area contributed by atoms with Crippen molar-refractivity contribution in [2.45, 2.75) is 39.9 Å². The molecule has 0 fully saturated rings. The van der Waals surface area contributed by atoms with Crippen LogP contribution in [0.3, 0.4) is 0 Å². The predicted octanol–water partition coefficient (Wildman–Crippen LogP) is 2.57. The quantitative estimate of drug-likeness (QED) is 0.599. The highest BCUT2D eigenvalue weighted by atomic mass is 16.5. The summed E-state index contributed by atoms with van der Waals surface area (Å²) >= 11 is 0. The zero-order valence-electron chi connectivity index (χ0n) is 15.8. The highest BCUT2D eigenvalue weighted by molar-refractivity contribution is 5.80. The van der Waals surface area contributed by atoms with E-state index in [0.29, 0.717) is 13.2 Å². The summed E-state index contributed by atoms with van der Waals surface area (Å²) in [5.41, 5.74) is 4.62. The van der Waals surface area contributed by atoms with Crippen LogP contribution in [0.15, 0.2) is 35.3 Å². The highest BCUT2D eigenvalue weighted by Crippen LogP contribution is 2.13. The van der Waals surface area contributed by atoms with Crippen molar-refractivity contribution in [3.05, 3.63) is 52.8 Å². The Morgan fingerprint density at radius 3 is 2.64 bits per heavy atom. The standard InChI is InChI=1S/C19H29N5O/c1-14(17-9-7-6-8-10-17)22-19(20-4)21-13-18-15(2)23-24(16(18)3)11-12-25-5/h6-10,14H,11-13H2,1-5H3,(H2,20,21,22). The number of nitrogens with one attached hydrogen (secondary N) is 2. The van der Waals surface area contributed by atoms with Crippen molar-refractivity contribution in [3.8, 4) is 0 Å². The number of hydrogen-bond donors (Lipinski definition) is 2. The number of rotatable bonds is 7. The van der Waals surface area contributed by atoms with Crippen molar-refractivity contribution in [2.75, 3.05) is 20.8 Å². The van der Waals surface area contributed by atoms with Gasteiger partial charge in [0.1, 0.15) is 0 Å². The van der Waals surface area contributed by atoms with E-state index in [-0.39, 0.29) is 6.04 Å². The fourth-order valence-corrected chi connectivity index (χ4v) is 2.78. The van der Waals surface area contributed by atoms with Crippen molar-refractivity contribution >= 4 is 5.96 Å². The second kappa shape index (κ2) is 9.22. The average Bonchev–Trinajstić information content (AvgIpc) is 2.90. The first-order valence-electron chi connectivity index (χ1n) is 8.60. The molecule has 1 aromatic heterocycles. The molecule has 0 amide bonds. The summed E-state index contributed by atoms with van der Waals surface area (Å²) in [7, 11) is 3.49. The van der Waals surface area contributed by atoms with Gasteiger partial charge in [-0.05, 0) is 26.3 Å². The van der Waals surface area contributed by atoms with Crippen LogP contribution in [0.5, 0.6) is 0 Å². The van der Waals surface area contributed by atoms with Gasteiger partial charge >= 0.3 is 0 Å². The van der Waals surface area contributed by atoms with Gasteiger partial charge in [0.05, 0.1) is 24.9 Å². The third kappa shape index (κ3) is 5.06. The van der Waals surface area contributed by atoms with Gasteiger partial charge in [0.2, 0.25) is 0 Å². The van der Waals surface area contributed by atoms with Gasteiger partial charge in [-0.1, -0.05) is 30.3 Å². The molecule has 1 unspecified atom stereocenters. The van der Waals surface area contributed by atoms with Crippen LogP contribution in [0.25, 0.3) is 0 Å². The van der Waals surface area contributed by atoms with Crippen molar-refractivity contribution in [2.24, 2.45) is 4.99 Å². The van der Waals surface area contributed by atoms with Crippen LogP contribution in [-0.2, 0) is 17.8 Å². The van der Waals surface area contributed by atoms with Gasteiger partial charge in [-0.3, -0.25) is 9.67 Å². The van der Waals surface area contributed by atoms with Gasteiger partial charge in [-0.2, -0.15) is 5.10 Å². The van der Waals surface area contributed by atoms with E-state index in [1.54, 1.807) is 14.2 Å². The molecular formula is C19H29N5O. The molecule has 25 heavy (non-hydrogen) atoms. The molecule has 0 bridgehead atoms.